The smallest absolute Gasteiger partial charge is 0.119 e. The summed E-state index contributed by atoms with van der Waals surface area (Å²) in [6.07, 6.45) is 0.888. The van der Waals surface area contributed by atoms with Crippen LogP contribution in [0.2, 0.25) is 0 Å². The first-order valence-corrected chi connectivity index (χ1v) is 7.00. The van der Waals surface area contributed by atoms with E-state index in [1.807, 2.05) is 30.3 Å². The van der Waals surface area contributed by atoms with Gasteiger partial charge in [-0.25, -0.2) is 0 Å². The molecular formula is C16H17BrO2. The lowest BCUT2D eigenvalue weighted by Crippen LogP contribution is -2.01. The van der Waals surface area contributed by atoms with Crippen molar-refractivity contribution < 1.29 is 9.47 Å². The highest BCUT2D eigenvalue weighted by molar-refractivity contribution is 9.10. The number of hydrogen-bond acceptors (Lipinski definition) is 2. The van der Waals surface area contributed by atoms with Crippen LogP contribution in [0.1, 0.15) is 11.1 Å². The van der Waals surface area contributed by atoms with Gasteiger partial charge in [0.25, 0.3) is 0 Å². The SMILES string of the molecule is COc1ccc(CCOc2ccc(Br)c(C)c2)cc1. The van der Waals surface area contributed by atoms with Gasteiger partial charge < -0.3 is 9.47 Å². The molecule has 0 aliphatic heterocycles. The quantitative estimate of drug-likeness (QED) is 0.813. The third-order valence-corrected chi connectivity index (χ3v) is 3.84. The summed E-state index contributed by atoms with van der Waals surface area (Å²) >= 11 is 3.48. The third kappa shape index (κ3) is 4.00. The van der Waals surface area contributed by atoms with E-state index >= 15 is 0 Å². The van der Waals surface area contributed by atoms with Crippen LogP contribution in [0.5, 0.6) is 11.5 Å². The molecule has 0 unspecified atom stereocenters. The second-order valence-electron chi connectivity index (χ2n) is 4.36. The third-order valence-electron chi connectivity index (χ3n) is 2.95. The normalized spacial score (nSPS) is 10.3. The van der Waals surface area contributed by atoms with E-state index in [4.69, 9.17) is 9.47 Å². The van der Waals surface area contributed by atoms with Crippen molar-refractivity contribution in [3.05, 3.63) is 58.1 Å². The van der Waals surface area contributed by atoms with Crippen LogP contribution in [0.4, 0.5) is 0 Å². The Morgan fingerprint density at radius 3 is 2.32 bits per heavy atom. The molecule has 0 fully saturated rings. The Bertz CT molecular complexity index is 535. The van der Waals surface area contributed by atoms with Gasteiger partial charge in [-0.3, -0.25) is 0 Å². The fraction of sp³-hybridized carbons (Fsp3) is 0.250. The fourth-order valence-electron chi connectivity index (χ4n) is 1.79. The van der Waals surface area contributed by atoms with Crippen molar-refractivity contribution in [1.29, 1.82) is 0 Å². The molecule has 0 N–H and O–H groups in total. The van der Waals surface area contributed by atoms with Crippen LogP contribution in [-0.2, 0) is 6.42 Å². The van der Waals surface area contributed by atoms with Crippen molar-refractivity contribution in [2.75, 3.05) is 13.7 Å². The van der Waals surface area contributed by atoms with E-state index in [9.17, 15) is 0 Å². The Morgan fingerprint density at radius 2 is 1.68 bits per heavy atom. The molecule has 0 radical (unpaired) electrons. The lowest BCUT2D eigenvalue weighted by atomic mass is 10.1. The highest BCUT2D eigenvalue weighted by Crippen LogP contribution is 2.21. The first-order valence-electron chi connectivity index (χ1n) is 6.21. The van der Waals surface area contributed by atoms with E-state index in [1.54, 1.807) is 7.11 Å². The van der Waals surface area contributed by atoms with E-state index in [1.165, 1.54) is 11.1 Å². The molecule has 19 heavy (non-hydrogen) atoms. The molecule has 0 saturated heterocycles. The minimum absolute atomic E-state index is 0.674. The van der Waals surface area contributed by atoms with Gasteiger partial charge in [-0.15, -0.1) is 0 Å². The van der Waals surface area contributed by atoms with Gasteiger partial charge in [0.05, 0.1) is 13.7 Å². The molecule has 0 atom stereocenters. The summed E-state index contributed by atoms with van der Waals surface area (Å²) < 4.78 is 12.0. The van der Waals surface area contributed by atoms with Crippen molar-refractivity contribution in [3.8, 4) is 11.5 Å². The number of ether oxygens (including phenoxy) is 2. The van der Waals surface area contributed by atoms with Crippen molar-refractivity contribution in [2.45, 2.75) is 13.3 Å². The van der Waals surface area contributed by atoms with Gasteiger partial charge in [0, 0.05) is 10.9 Å². The van der Waals surface area contributed by atoms with Gasteiger partial charge in [-0.2, -0.15) is 0 Å². The second kappa shape index (κ2) is 6.62. The second-order valence-corrected chi connectivity index (χ2v) is 5.21. The number of halogens is 1. The Hall–Kier alpha value is -1.48. The maximum absolute atomic E-state index is 5.75. The van der Waals surface area contributed by atoms with E-state index in [-0.39, 0.29) is 0 Å². The van der Waals surface area contributed by atoms with Crippen molar-refractivity contribution in [3.63, 3.8) is 0 Å². The topological polar surface area (TPSA) is 18.5 Å². The van der Waals surface area contributed by atoms with E-state index in [0.717, 1.165) is 22.4 Å². The van der Waals surface area contributed by atoms with Crippen molar-refractivity contribution >= 4 is 15.9 Å². The maximum atomic E-state index is 5.75. The average molecular weight is 321 g/mol. The number of aryl methyl sites for hydroxylation is 1. The molecule has 0 bridgehead atoms. The number of rotatable bonds is 5. The van der Waals surface area contributed by atoms with Crippen molar-refractivity contribution in [2.24, 2.45) is 0 Å². The van der Waals surface area contributed by atoms with Crippen LogP contribution in [0.15, 0.2) is 46.9 Å². The molecule has 0 saturated carbocycles. The highest BCUT2D eigenvalue weighted by Gasteiger charge is 1.99. The van der Waals surface area contributed by atoms with Gasteiger partial charge in [-0.1, -0.05) is 28.1 Å². The summed E-state index contributed by atoms with van der Waals surface area (Å²) in [5.41, 5.74) is 2.43. The number of hydrogen-bond donors (Lipinski definition) is 0. The summed E-state index contributed by atoms with van der Waals surface area (Å²) in [4.78, 5) is 0. The summed E-state index contributed by atoms with van der Waals surface area (Å²) in [6, 6.07) is 14.1. The van der Waals surface area contributed by atoms with E-state index in [2.05, 4.69) is 35.0 Å². The molecule has 0 aliphatic rings. The summed E-state index contributed by atoms with van der Waals surface area (Å²) in [7, 11) is 1.67. The Balaban J connectivity index is 1.86. The molecule has 0 amide bonds. The molecule has 0 spiro atoms. The minimum atomic E-state index is 0.674. The predicted molar refractivity (Wildman–Crippen MR) is 81.1 cm³/mol. The van der Waals surface area contributed by atoms with E-state index < -0.39 is 0 Å². The van der Waals surface area contributed by atoms with Gasteiger partial charge in [0.2, 0.25) is 0 Å². The van der Waals surface area contributed by atoms with Crippen LogP contribution in [0, 0.1) is 6.92 Å². The number of benzene rings is 2. The van der Waals surface area contributed by atoms with E-state index in [0.29, 0.717) is 6.61 Å². The molecule has 0 aliphatic carbocycles. The highest BCUT2D eigenvalue weighted by atomic mass is 79.9. The van der Waals surface area contributed by atoms with Crippen molar-refractivity contribution in [1.82, 2.24) is 0 Å². The van der Waals surface area contributed by atoms with Gasteiger partial charge >= 0.3 is 0 Å². The lowest BCUT2D eigenvalue weighted by Gasteiger charge is -2.08. The molecule has 2 rings (SSSR count). The predicted octanol–water partition coefficient (Wildman–Crippen LogP) is 4.39. The van der Waals surface area contributed by atoms with Gasteiger partial charge in [0.15, 0.2) is 0 Å². The number of methoxy groups -OCH3 is 1. The average Bonchev–Trinajstić information content (AvgIpc) is 2.43. The van der Waals surface area contributed by atoms with Gasteiger partial charge in [0.1, 0.15) is 11.5 Å². The zero-order valence-corrected chi connectivity index (χ0v) is 12.7. The summed E-state index contributed by atoms with van der Waals surface area (Å²) in [5, 5.41) is 0. The maximum Gasteiger partial charge on any atom is 0.119 e. The lowest BCUT2D eigenvalue weighted by molar-refractivity contribution is 0.321. The van der Waals surface area contributed by atoms with Crippen LogP contribution in [0.3, 0.4) is 0 Å². The largest absolute Gasteiger partial charge is 0.497 e. The van der Waals surface area contributed by atoms with Crippen LogP contribution in [-0.4, -0.2) is 13.7 Å². The molecule has 0 heterocycles. The van der Waals surface area contributed by atoms with Gasteiger partial charge in [-0.05, 0) is 48.4 Å². The minimum Gasteiger partial charge on any atom is -0.497 e. The standard InChI is InChI=1S/C16H17BrO2/c1-12-11-15(7-8-16(12)17)19-10-9-13-3-5-14(18-2)6-4-13/h3-8,11H,9-10H2,1-2H3. The molecule has 2 nitrogen and oxygen atoms in total. The first kappa shape index (κ1) is 13.9. The molecule has 100 valence electrons. The fourth-order valence-corrected chi connectivity index (χ4v) is 2.03. The molecule has 0 aromatic heterocycles. The zero-order valence-electron chi connectivity index (χ0n) is 11.2. The molecule has 2 aromatic rings. The summed E-state index contributed by atoms with van der Waals surface area (Å²) in [5.74, 6) is 1.79. The van der Waals surface area contributed by atoms with Crippen LogP contribution >= 0.6 is 15.9 Å². The Labute approximate surface area is 122 Å². The van der Waals surface area contributed by atoms with Crippen LogP contribution < -0.4 is 9.47 Å². The first-order chi connectivity index (χ1) is 9.19. The Morgan fingerprint density at radius 1 is 1.00 bits per heavy atom. The molecule has 3 heteroatoms. The monoisotopic (exact) mass is 320 g/mol. The summed E-state index contributed by atoms with van der Waals surface area (Å²) in [6.45, 7) is 2.73. The molecular weight excluding hydrogens is 304 g/mol. The zero-order chi connectivity index (χ0) is 13.7. The van der Waals surface area contributed by atoms with Crippen LogP contribution in [0.25, 0.3) is 0 Å². The Kier molecular flexibility index (Phi) is 4.86. The molecule has 2 aromatic carbocycles.